The molecule has 2 rings (SSSR count). The van der Waals surface area contributed by atoms with Crippen LogP contribution in [-0.4, -0.2) is 47.0 Å². The molecule has 206 valence electrons. The average Bonchev–Trinajstić information content (AvgIpc) is 2.86. The second kappa shape index (κ2) is 14.2. The highest BCUT2D eigenvalue weighted by Gasteiger charge is 2.38. The molecular formula is C30H47N3O4. The first-order valence-corrected chi connectivity index (χ1v) is 13.8. The smallest absolute Gasteiger partial charge is 0.408 e. The molecule has 1 aromatic rings. The molecule has 1 aromatic carbocycles. The zero-order valence-corrected chi connectivity index (χ0v) is 23.6. The fraction of sp³-hybridized carbons (Fsp3) is 0.633. The number of hydrogen-bond donors (Lipinski definition) is 2. The highest BCUT2D eigenvalue weighted by molar-refractivity contribution is 5.92. The number of alkyl carbamates (subject to hydrolysis) is 1. The standard InChI is InChI=1S/C30H47N3O4/c1-8-20-33(28(35)25(21(4)9-2)32-29(36)37-30(5,6)7)26(23-18-16-22(10-3)17-19-23)27(34)31-24-14-12-11-13-15-24/h8,16-19,21,24-26H,1,9-15,20H2,2-7H3,(H,31,34)(H,32,36). The van der Waals surface area contributed by atoms with E-state index >= 15 is 0 Å². The van der Waals surface area contributed by atoms with Crippen molar-refractivity contribution in [2.75, 3.05) is 6.54 Å². The minimum atomic E-state index is -0.848. The summed E-state index contributed by atoms with van der Waals surface area (Å²) in [5.41, 5.74) is 1.19. The van der Waals surface area contributed by atoms with Crippen molar-refractivity contribution in [2.24, 2.45) is 5.92 Å². The molecule has 1 aliphatic carbocycles. The molecule has 2 N–H and O–H groups in total. The average molecular weight is 514 g/mol. The van der Waals surface area contributed by atoms with Crippen molar-refractivity contribution in [1.29, 1.82) is 0 Å². The van der Waals surface area contributed by atoms with E-state index in [1.165, 1.54) is 6.42 Å². The summed E-state index contributed by atoms with van der Waals surface area (Å²) in [6.45, 7) is 15.3. The summed E-state index contributed by atoms with van der Waals surface area (Å²) in [5, 5.41) is 6.00. The third-order valence-electron chi connectivity index (χ3n) is 6.98. The predicted octanol–water partition coefficient (Wildman–Crippen LogP) is 5.69. The van der Waals surface area contributed by atoms with Crippen LogP contribution in [0.5, 0.6) is 0 Å². The van der Waals surface area contributed by atoms with E-state index in [-0.39, 0.29) is 30.3 Å². The Bertz CT molecular complexity index is 900. The van der Waals surface area contributed by atoms with E-state index in [0.29, 0.717) is 6.42 Å². The molecule has 1 aliphatic rings. The summed E-state index contributed by atoms with van der Waals surface area (Å²) < 4.78 is 5.45. The molecule has 0 saturated heterocycles. The molecule has 1 fully saturated rings. The van der Waals surface area contributed by atoms with Crippen LogP contribution in [0.3, 0.4) is 0 Å². The first-order chi connectivity index (χ1) is 17.5. The number of nitrogens with zero attached hydrogens (tertiary/aromatic N) is 1. The topological polar surface area (TPSA) is 87.7 Å². The minimum Gasteiger partial charge on any atom is -0.444 e. The van der Waals surface area contributed by atoms with E-state index in [9.17, 15) is 14.4 Å². The maximum atomic E-state index is 14.1. The molecule has 37 heavy (non-hydrogen) atoms. The highest BCUT2D eigenvalue weighted by atomic mass is 16.6. The van der Waals surface area contributed by atoms with Gasteiger partial charge in [0.05, 0.1) is 0 Å². The Kier molecular flexibility index (Phi) is 11.7. The van der Waals surface area contributed by atoms with E-state index in [0.717, 1.165) is 43.2 Å². The maximum absolute atomic E-state index is 14.1. The van der Waals surface area contributed by atoms with Crippen LogP contribution in [0, 0.1) is 5.92 Å². The Labute approximate surface area is 223 Å². The van der Waals surface area contributed by atoms with E-state index in [4.69, 9.17) is 4.74 Å². The lowest BCUT2D eigenvalue weighted by Gasteiger charge is -2.36. The molecule has 0 aromatic heterocycles. The Morgan fingerprint density at radius 2 is 1.73 bits per heavy atom. The van der Waals surface area contributed by atoms with Crippen LogP contribution in [0.25, 0.3) is 0 Å². The summed E-state index contributed by atoms with van der Waals surface area (Å²) in [7, 11) is 0. The van der Waals surface area contributed by atoms with E-state index in [1.807, 2.05) is 38.1 Å². The molecule has 7 nitrogen and oxygen atoms in total. The lowest BCUT2D eigenvalue weighted by atomic mass is 9.93. The molecule has 0 heterocycles. The van der Waals surface area contributed by atoms with Crippen molar-refractivity contribution in [3.05, 3.63) is 48.0 Å². The predicted molar refractivity (Wildman–Crippen MR) is 148 cm³/mol. The van der Waals surface area contributed by atoms with Gasteiger partial charge in [0.15, 0.2) is 0 Å². The van der Waals surface area contributed by atoms with Crippen LogP contribution < -0.4 is 10.6 Å². The van der Waals surface area contributed by atoms with Crippen molar-refractivity contribution in [2.45, 2.75) is 110 Å². The van der Waals surface area contributed by atoms with Crippen LogP contribution in [0.1, 0.15) is 97.2 Å². The van der Waals surface area contributed by atoms with Gasteiger partial charge in [-0.25, -0.2) is 4.79 Å². The molecule has 0 spiro atoms. The quantitative estimate of drug-likeness (QED) is 0.372. The van der Waals surface area contributed by atoms with Crippen LogP contribution in [0.2, 0.25) is 0 Å². The van der Waals surface area contributed by atoms with E-state index in [1.54, 1.807) is 31.7 Å². The summed E-state index contributed by atoms with van der Waals surface area (Å²) in [5.74, 6) is -0.702. The van der Waals surface area contributed by atoms with Crippen molar-refractivity contribution < 1.29 is 19.1 Å². The van der Waals surface area contributed by atoms with Gasteiger partial charge in [-0.3, -0.25) is 9.59 Å². The number of rotatable bonds is 11. The molecule has 3 unspecified atom stereocenters. The maximum Gasteiger partial charge on any atom is 0.408 e. The summed E-state index contributed by atoms with van der Waals surface area (Å²) >= 11 is 0. The van der Waals surface area contributed by atoms with Crippen LogP contribution in [0.4, 0.5) is 4.79 Å². The first kappa shape index (κ1) is 30.4. The van der Waals surface area contributed by atoms with Crippen LogP contribution >= 0.6 is 0 Å². The number of benzene rings is 1. The zero-order valence-electron chi connectivity index (χ0n) is 23.6. The van der Waals surface area contributed by atoms with Gasteiger partial charge in [0, 0.05) is 12.6 Å². The largest absolute Gasteiger partial charge is 0.444 e. The van der Waals surface area contributed by atoms with Gasteiger partial charge in [0.2, 0.25) is 11.8 Å². The molecule has 1 saturated carbocycles. The van der Waals surface area contributed by atoms with Gasteiger partial charge in [0.1, 0.15) is 17.7 Å². The monoisotopic (exact) mass is 513 g/mol. The van der Waals surface area contributed by atoms with Crippen LogP contribution in [0.15, 0.2) is 36.9 Å². The Hall–Kier alpha value is -2.83. The molecule has 3 atom stereocenters. The molecule has 0 aliphatic heterocycles. The molecule has 0 radical (unpaired) electrons. The van der Waals surface area contributed by atoms with Gasteiger partial charge in [-0.1, -0.05) is 76.8 Å². The third-order valence-corrected chi connectivity index (χ3v) is 6.98. The van der Waals surface area contributed by atoms with Gasteiger partial charge in [-0.15, -0.1) is 6.58 Å². The second-order valence-electron chi connectivity index (χ2n) is 11.1. The number of carbonyl (C=O) groups is 3. The molecular weight excluding hydrogens is 466 g/mol. The lowest BCUT2D eigenvalue weighted by Crippen LogP contribution is -2.55. The molecule has 7 heteroatoms. The van der Waals surface area contributed by atoms with Crippen molar-refractivity contribution in [1.82, 2.24) is 15.5 Å². The first-order valence-electron chi connectivity index (χ1n) is 13.8. The van der Waals surface area contributed by atoms with E-state index in [2.05, 4.69) is 24.1 Å². The number of ether oxygens (including phenoxy) is 1. The van der Waals surface area contributed by atoms with Crippen LogP contribution in [-0.2, 0) is 20.7 Å². The number of nitrogens with one attached hydrogen (secondary N) is 2. The minimum absolute atomic E-state index is 0.101. The van der Waals surface area contributed by atoms with Gasteiger partial charge < -0.3 is 20.3 Å². The number of carbonyl (C=O) groups excluding carboxylic acids is 3. The SMILES string of the molecule is C=CCN(C(=O)C(NC(=O)OC(C)(C)C)C(C)CC)C(C(=O)NC1CCCCC1)c1ccc(CC)cc1. The van der Waals surface area contributed by atoms with Crippen molar-refractivity contribution in [3.63, 3.8) is 0 Å². The highest BCUT2D eigenvalue weighted by Crippen LogP contribution is 2.27. The summed E-state index contributed by atoms with van der Waals surface area (Å²) in [4.78, 5) is 42.1. The van der Waals surface area contributed by atoms with Crippen molar-refractivity contribution in [3.8, 4) is 0 Å². The summed E-state index contributed by atoms with van der Waals surface area (Å²) in [6.07, 6.45) is 7.76. The van der Waals surface area contributed by atoms with Gasteiger partial charge in [-0.05, 0) is 57.1 Å². The number of aryl methyl sites for hydroxylation is 1. The molecule has 3 amide bonds. The molecule has 0 bridgehead atoms. The van der Waals surface area contributed by atoms with Gasteiger partial charge in [0.25, 0.3) is 0 Å². The van der Waals surface area contributed by atoms with Crippen molar-refractivity contribution >= 4 is 17.9 Å². The summed E-state index contributed by atoms with van der Waals surface area (Å²) in [6, 6.07) is 6.25. The van der Waals surface area contributed by atoms with Gasteiger partial charge in [-0.2, -0.15) is 0 Å². The van der Waals surface area contributed by atoms with E-state index < -0.39 is 23.8 Å². The lowest BCUT2D eigenvalue weighted by molar-refractivity contribution is -0.143. The number of hydrogen-bond acceptors (Lipinski definition) is 4. The second-order valence-corrected chi connectivity index (χ2v) is 11.1. The Morgan fingerprint density at radius 3 is 2.24 bits per heavy atom. The zero-order chi connectivity index (χ0) is 27.6. The normalized spacial score (nSPS) is 16.7. The fourth-order valence-corrected chi connectivity index (χ4v) is 4.69. The third kappa shape index (κ3) is 9.20. The Morgan fingerprint density at radius 1 is 1.11 bits per heavy atom. The fourth-order valence-electron chi connectivity index (χ4n) is 4.69. The number of amides is 3. The Balaban J connectivity index is 2.45. The van der Waals surface area contributed by atoms with Gasteiger partial charge >= 0.3 is 6.09 Å².